The van der Waals surface area contributed by atoms with Crippen LogP contribution < -0.4 is 5.32 Å². The Morgan fingerprint density at radius 1 is 0.889 bits per heavy atom. The number of benzene rings is 2. The number of amides is 1. The van der Waals surface area contributed by atoms with Gasteiger partial charge in [0, 0.05) is 37.4 Å². The first-order valence-electron chi connectivity index (χ1n) is 8.67. The number of ether oxygens (including phenoxy) is 1. The van der Waals surface area contributed by atoms with E-state index in [-0.39, 0.29) is 11.9 Å². The minimum atomic E-state index is -0.372. The molecule has 0 aromatic heterocycles. The van der Waals surface area contributed by atoms with Gasteiger partial charge in [-0.15, -0.1) is 0 Å². The van der Waals surface area contributed by atoms with Crippen molar-refractivity contribution in [1.29, 1.82) is 0 Å². The van der Waals surface area contributed by atoms with Crippen LogP contribution in [0.1, 0.15) is 20.7 Å². The number of thiocarbonyl (C=S) groups is 1. The van der Waals surface area contributed by atoms with Gasteiger partial charge in [-0.1, -0.05) is 18.2 Å². The van der Waals surface area contributed by atoms with E-state index in [2.05, 4.69) is 10.1 Å². The molecular weight excluding hydrogens is 362 g/mol. The predicted octanol–water partition coefficient (Wildman–Crippen LogP) is 2.63. The van der Waals surface area contributed by atoms with Gasteiger partial charge < -0.3 is 19.9 Å². The summed E-state index contributed by atoms with van der Waals surface area (Å²) in [5.41, 5.74) is 2.00. The van der Waals surface area contributed by atoms with Crippen molar-refractivity contribution < 1.29 is 14.3 Å². The summed E-state index contributed by atoms with van der Waals surface area (Å²) in [7, 11) is 1.35. The molecule has 1 N–H and O–H groups in total. The minimum absolute atomic E-state index is 0.0486. The molecule has 1 aliphatic rings. The molecule has 1 saturated heterocycles. The third-order valence-corrected chi connectivity index (χ3v) is 4.79. The van der Waals surface area contributed by atoms with Gasteiger partial charge >= 0.3 is 5.97 Å². The normalized spacial score (nSPS) is 13.8. The fourth-order valence-electron chi connectivity index (χ4n) is 2.89. The Labute approximate surface area is 163 Å². The number of esters is 1. The van der Waals surface area contributed by atoms with Crippen molar-refractivity contribution in [1.82, 2.24) is 9.80 Å². The number of nitrogens with zero attached hydrogens (tertiary/aromatic N) is 2. The Morgan fingerprint density at radius 3 is 2.07 bits per heavy atom. The third kappa shape index (κ3) is 4.62. The van der Waals surface area contributed by atoms with Crippen LogP contribution in [0.3, 0.4) is 0 Å². The molecule has 6 nitrogen and oxygen atoms in total. The standard InChI is InChI=1S/C20H21N3O3S/c1-26-19(25)16-7-9-17(10-8-16)21-20(27)23-13-11-22(12-14-23)18(24)15-5-3-2-4-6-15/h2-10H,11-14H2,1H3,(H,21,27). The highest BCUT2D eigenvalue weighted by Gasteiger charge is 2.23. The van der Waals surface area contributed by atoms with Gasteiger partial charge in [-0.25, -0.2) is 4.79 Å². The van der Waals surface area contributed by atoms with Crippen LogP contribution in [0.2, 0.25) is 0 Å². The Balaban J connectivity index is 1.52. The Hall–Kier alpha value is -2.93. The maximum Gasteiger partial charge on any atom is 0.337 e. The highest BCUT2D eigenvalue weighted by Crippen LogP contribution is 2.13. The average molecular weight is 383 g/mol. The van der Waals surface area contributed by atoms with E-state index in [9.17, 15) is 9.59 Å². The first-order chi connectivity index (χ1) is 13.1. The average Bonchev–Trinajstić information content (AvgIpc) is 2.74. The van der Waals surface area contributed by atoms with Crippen molar-refractivity contribution in [2.75, 3.05) is 38.6 Å². The molecular formula is C20H21N3O3S. The van der Waals surface area contributed by atoms with E-state index < -0.39 is 0 Å². The van der Waals surface area contributed by atoms with E-state index in [4.69, 9.17) is 12.2 Å². The summed E-state index contributed by atoms with van der Waals surface area (Å²) < 4.78 is 4.69. The van der Waals surface area contributed by atoms with Crippen LogP contribution in [0.5, 0.6) is 0 Å². The predicted molar refractivity (Wildman–Crippen MR) is 108 cm³/mol. The van der Waals surface area contributed by atoms with Gasteiger partial charge in [0.15, 0.2) is 5.11 Å². The SMILES string of the molecule is COC(=O)c1ccc(NC(=S)N2CCN(C(=O)c3ccccc3)CC2)cc1. The largest absolute Gasteiger partial charge is 0.465 e. The molecule has 0 atom stereocenters. The van der Waals surface area contributed by atoms with Crippen LogP contribution in [-0.2, 0) is 4.74 Å². The molecule has 0 bridgehead atoms. The molecule has 1 heterocycles. The van der Waals surface area contributed by atoms with E-state index in [0.717, 1.165) is 5.69 Å². The molecule has 0 spiro atoms. The van der Waals surface area contributed by atoms with Crippen molar-refractivity contribution in [3.63, 3.8) is 0 Å². The molecule has 27 heavy (non-hydrogen) atoms. The van der Waals surface area contributed by atoms with Gasteiger partial charge in [-0.3, -0.25) is 4.79 Å². The highest BCUT2D eigenvalue weighted by molar-refractivity contribution is 7.80. The fraction of sp³-hybridized carbons (Fsp3) is 0.250. The summed E-state index contributed by atoms with van der Waals surface area (Å²) in [5.74, 6) is -0.323. The summed E-state index contributed by atoms with van der Waals surface area (Å²) in [6, 6.07) is 16.2. The molecule has 7 heteroatoms. The lowest BCUT2D eigenvalue weighted by Gasteiger charge is -2.36. The third-order valence-electron chi connectivity index (χ3n) is 4.43. The number of hydrogen-bond donors (Lipinski definition) is 1. The van der Waals surface area contributed by atoms with Crippen molar-refractivity contribution >= 4 is 34.9 Å². The molecule has 1 fully saturated rings. The quantitative estimate of drug-likeness (QED) is 0.649. The van der Waals surface area contributed by atoms with E-state index in [1.807, 2.05) is 40.1 Å². The van der Waals surface area contributed by atoms with Gasteiger partial charge in [0.25, 0.3) is 5.91 Å². The molecule has 1 amide bonds. The zero-order valence-electron chi connectivity index (χ0n) is 15.1. The molecule has 140 valence electrons. The van der Waals surface area contributed by atoms with Crippen molar-refractivity contribution in [3.05, 3.63) is 65.7 Å². The summed E-state index contributed by atoms with van der Waals surface area (Å²) in [5, 5.41) is 3.78. The van der Waals surface area contributed by atoms with Gasteiger partial charge in [-0.05, 0) is 48.6 Å². The lowest BCUT2D eigenvalue weighted by Crippen LogP contribution is -2.51. The van der Waals surface area contributed by atoms with E-state index >= 15 is 0 Å². The molecule has 2 aromatic carbocycles. The number of carbonyl (C=O) groups is 2. The zero-order valence-corrected chi connectivity index (χ0v) is 15.9. The van der Waals surface area contributed by atoms with Crippen LogP contribution in [-0.4, -0.2) is 60.1 Å². The van der Waals surface area contributed by atoms with E-state index in [0.29, 0.717) is 42.4 Å². The Morgan fingerprint density at radius 2 is 1.48 bits per heavy atom. The Bertz CT molecular complexity index is 816. The lowest BCUT2D eigenvalue weighted by molar-refractivity contribution is 0.0600. The molecule has 0 radical (unpaired) electrons. The van der Waals surface area contributed by atoms with Crippen molar-refractivity contribution in [3.8, 4) is 0 Å². The van der Waals surface area contributed by atoms with Crippen LogP contribution in [0, 0.1) is 0 Å². The number of rotatable bonds is 3. The van der Waals surface area contributed by atoms with Gasteiger partial charge in [0.05, 0.1) is 12.7 Å². The Kier molecular flexibility index (Phi) is 6.03. The van der Waals surface area contributed by atoms with Crippen LogP contribution in [0.4, 0.5) is 5.69 Å². The zero-order chi connectivity index (χ0) is 19.2. The second-order valence-electron chi connectivity index (χ2n) is 6.14. The minimum Gasteiger partial charge on any atom is -0.465 e. The van der Waals surface area contributed by atoms with Gasteiger partial charge in [0.1, 0.15) is 0 Å². The molecule has 2 aromatic rings. The molecule has 0 unspecified atom stereocenters. The number of methoxy groups -OCH3 is 1. The van der Waals surface area contributed by atoms with E-state index in [1.165, 1.54) is 7.11 Å². The number of hydrogen-bond acceptors (Lipinski definition) is 4. The topological polar surface area (TPSA) is 61.9 Å². The number of piperazine rings is 1. The summed E-state index contributed by atoms with van der Waals surface area (Å²) in [6.45, 7) is 2.59. The molecule has 0 aliphatic carbocycles. The van der Waals surface area contributed by atoms with Crippen molar-refractivity contribution in [2.24, 2.45) is 0 Å². The first-order valence-corrected chi connectivity index (χ1v) is 9.08. The summed E-state index contributed by atoms with van der Waals surface area (Å²) in [4.78, 5) is 27.9. The highest BCUT2D eigenvalue weighted by atomic mass is 32.1. The maximum atomic E-state index is 12.5. The second kappa shape index (κ2) is 8.64. The second-order valence-corrected chi connectivity index (χ2v) is 6.53. The lowest BCUT2D eigenvalue weighted by atomic mass is 10.2. The van der Waals surface area contributed by atoms with Crippen LogP contribution >= 0.6 is 12.2 Å². The molecule has 0 saturated carbocycles. The summed E-state index contributed by atoms with van der Waals surface area (Å²) in [6.07, 6.45) is 0. The maximum absolute atomic E-state index is 12.5. The van der Waals surface area contributed by atoms with Crippen LogP contribution in [0.15, 0.2) is 54.6 Å². The van der Waals surface area contributed by atoms with E-state index in [1.54, 1.807) is 24.3 Å². The van der Waals surface area contributed by atoms with Gasteiger partial charge in [-0.2, -0.15) is 0 Å². The number of anilines is 1. The van der Waals surface area contributed by atoms with Crippen LogP contribution in [0.25, 0.3) is 0 Å². The first kappa shape index (κ1) is 18.8. The fourth-order valence-corrected chi connectivity index (χ4v) is 3.19. The van der Waals surface area contributed by atoms with Crippen molar-refractivity contribution in [2.45, 2.75) is 0 Å². The monoisotopic (exact) mass is 383 g/mol. The number of nitrogens with one attached hydrogen (secondary N) is 1. The smallest absolute Gasteiger partial charge is 0.337 e. The molecule has 3 rings (SSSR count). The van der Waals surface area contributed by atoms with Gasteiger partial charge in [0.2, 0.25) is 0 Å². The summed E-state index contributed by atoms with van der Waals surface area (Å²) >= 11 is 5.48. The molecule has 1 aliphatic heterocycles. The number of carbonyl (C=O) groups excluding carboxylic acids is 2.